The molecule has 1 saturated heterocycles. The Morgan fingerprint density at radius 2 is 2.35 bits per heavy atom. The summed E-state index contributed by atoms with van der Waals surface area (Å²) in [6.07, 6.45) is 0.770. The lowest BCUT2D eigenvalue weighted by atomic mass is 10.0. The summed E-state index contributed by atoms with van der Waals surface area (Å²) < 4.78 is 18.7. The molecule has 1 amide bonds. The van der Waals surface area contributed by atoms with Crippen molar-refractivity contribution in [3.05, 3.63) is 34.1 Å². The summed E-state index contributed by atoms with van der Waals surface area (Å²) in [5, 5.41) is 2.88. The average Bonchev–Trinajstić information content (AvgIpc) is 2.68. The highest BCUT2D eigenvalue weighted by Crippen LogP contribution is 2.23. The van der Waals surface area contributed by atoms with Crippen molar-refractivity contribution < 1.29 is 13.9 Å². The van der Waals surface area contributed by atoms with Crippen molar-refractivity contribution >= 4 is 21.8 Å². The van der Waals surface area contributed by atoms with Gasteiger partial charge in [0.25, 0.3) is 5.91 Å². The summed E-state index contributed by atoms with van der Waals surface area (Å²) in [5.74, 6) is -0.727. The lowest BCUT2D eigenvalue weighted by Crippen LogP contribution is -2.46. The van der Waals surface area contributed by atoms with Gasteiger partial charge in [0, 0.05) is 6.61 Å². The van der Waals surface area contributed by atoms with Crippen molar-refractivity contribution in [3.63, 3.8) is 0 Å². The zero-order valence-electron chi connectivity index (χ0n) is 9.43. The second-order valence-electron chi connectivity index (χ2n) is 4.42. The van der Waals surface area contributed by atoms with Crippen molar-refractivity contribution in [2.45, 2.75) is 18.9 Å². The summed E-state index contributed by atoms with van der Waals surface area (Å²) in [4.78, 5) is 12.0. The van der Waals surface area contributed by atoms with Crippen LogP contribution < -0.4 is 5.32 Å². The third kappa shape index (κ3) is 2.66. The predicted molar refractivity (Wildman–Crippen MR) is 65.4 cm³/mol. The molecule has 17 heavy (non-hydrogen) atoms. The summed E-state index contributed by atoms with van der Waals surface area (Å²) in [6.45, 7) is 3.05. The number of nitrogens with one attached hydrogen (secondary N) is 1. The maximum absolute atomic E-state index is 13.3. The lowest BCUT2D eigenvalue weighted by Gasteiger charge is -2.23. The molecule has 92 valence electrons. The molecular weight excluding hydrogens is 289 g/mol. The Morgan fingerprint density at radius 3 is 3.00 bits per heavy atom. The number of benzene rings is 1. The van der Waals surface area contributed by atoms with Gasteiger partial charge in [-0.25, -0.2) is 4.39 Å². The molecule has 1 aliphatic heterocycles. The Bertz CT molecular complexity index is 444. The Labute approximate surface area is 107 Å². The molecular formula is C12H13BrFNO2. The fourth-order valence-corrected chi connectivity index (χ4v) is 2.23. The molecule has 0 saturated carbocycles. The van der Waals surface area contributed by atoms with Crippen LogP contribution >= 0.6 is 15.9 Å². The van der Waals surface area contributed by atoms with E-state index in [0.717, 1.165) is 6.42 Å². The van der Waals surface area contributed by atoms with Gasteiger partial charge in [0.05, 0.1) is 22.2 Å². The molecule has 1 N–H and O–H groups in total. The van der Waals surface area contributed by atoms with Crippen LogP contribution in [0.3, 0.4) is 0 Å². The minimum atomic E-state index is -0.439. The van der Waals surface area contributed by atoms with Crippen molar-refractivity contribution in [3.8, 4) is 0 Å². The first kappa shape index (κ1) is 12.5. The van der Waals surface area contributed by atoms with Crippen LogP contribution in [-0.4, -0.2) is 24.7 Å². The standard InChI is InChI=1S/C12H13BrFNO2/c1-12(5-6-17-7-12)15-11(16)8-3-2-4-9(14)10(8)13/h2-4H,5-7H2,1H3,(H,15,16). The summed E-state index contributed by atoms with van der Waals surface area (Å²) in [6, 6.07) is 4.41. The van der Waals surface area contributed by atoms with E-state index >= 15 is 0 Å². The lowest BCUT2D eigenvalue weighted by molar-refractivity contribution is 0.0888. The molecule has 1 heterocycles. The van der Waals surface area contributed by atoms with Crippen LogP contribution in [0.1, 0.15) is 23.7 Å². The van der Waals surface area contributed by atoms with Gasteiger partial charge in [-0.2, -0.15) is 0 Å². The summed E-state index contributed by atoms with van der Waals surface area (Å²) in [7, 11) is 0. The zero-order chi connectivity index (χ0) is 12.5. The van der Waals surface area contributed by atoms with Gasteiger partial charge in [-0.15, -0.1) is 0 Å². The van der Waals surface area contributed by atoms with E-state index in [0.29, 0.717) is 18.8 Å². The Morgan fingerprint density at radius 1 is 1.59 bits per heavy atom. The fraction of sp³-hybridized carbons (Fsp3) is 0.417. The maximum Gasteiger partial charge on any atom is 0.253 e. The predicted octanol–water partition coefficient (Wildman–Crippen LogP) is 2.50. The van der Waals surface area contributed by atoms with Gasteiger partial charge in [-0.3, -0.25) is 4.79 Å². The normalized spacial score (nSPS) is 23.7. The number of halogens is 2. The van der Waals surface area contributed by atoms with Crippen LogP contribution in [0.2, 0.25) is 0 Å². The molecule has 1 unspecified atom stereocenters. The third-order valence-corrected chi connectivity index (χ3v) is 3.64. The highest BCUT2D eigenvalue weighted by molar-refractivity contribution is 9.10. The van der Waals surface area contributed by atoms with Gasteiger partial charge in [0.2, 0.25) is 0 Å². The third-order valence-electron chi connectivity index (χ3n) is 2.83. The SMILES string of the molecule is CC1(NC(=O)c2cccc(F)c2Br)CCOC1. The number of hydrogen-bond donors (Lipinski definition) is 1. The number of amides is 1. The molecule has 1 aromatic carbocycles. The van der Waals surface area contributed by atoms with E-state index in [1.54, 1.807) is 6.07 Å². The molecule has 2 rings (SSSR count). The smallest absolute Gasteiger partial charge is 0.253 e. The molecule has 3 nitrogen and oxygen atoms in total. The van der Waals surface area contributed by atoms with E-state index in [9.17, 15) is 9.18 Å². The van der Waals surface area contributed by atoms with Gasteiger partial charge < -0.3 is 10.1 Å². The van der Waals surface area contributed by atoms with Crippen LogP contribution in [-0.2, 0) is 4.74 Å². The van der Waals surface area contributed by atoms with Crippen molar-refractivity contribution in [1.29, 1.82) is 0 Å². The van der Waals surface area contributed by atoms with Crippen LogP contribution in [0.15, 0.2) is 22.7 Å². The molecule has 0 spiro atoms. The summed E-state index contributed by atoms with van der Waals surface area (Å²) >= 11 is 3.08. The number of carbonyl (C=O) groups excluding carboxylic acids is 1. The Hall–Kier alpha value is -0.940. The maximum atomic E-state index is 13.3. The first-order chi connectivity index (χ1) is 8.02. The molecule has 0 aromatic heterocycles. The van der Waals surface area contributed by atoms with Crippen LogP contribution in [0.4, 0.5) is 4.39 Å². The minimum Gasteiger partial charge on any atom is -0.379 e. The van der Waals surface area contributed by atoms with Crippen molar-refractivity contribution in [1.82, 2.24) is 5.32 Å². The molecule has 1 fully saturated rings. The fourth-order valence-electron chi connectivity index (χ4n) is 1.79. The van der Waals surface area contributed by atoms with E-state index in [2.05, 4.69) is 21.2 Å². The zero-order valence-corrected chi connectivity index (χ0v) is 11.0. The minimum absolute atomic E-state index is 0.194. The molecule has 1 atom stereocenters. The Kier molecular flexibility index (Phi) is 3.49. The number of carbonyl (C=O) groups is 1. The van der Waals surface area contributed by atoms with Gasteiger partial charge in [0.1, 0.15) is 5.82 Å². The molecule has 5 heteroatoms. The second-order valence-corrected chi connectivity index (χ2v) is 5.21. The Balaban J connectivity index is 2.17. The first-order valence-corrected chi connectivity index (χ1v) is 6.15. The van der Waals surface area contributed by atoms with Crippen LogP contribution in [0.25, 0.3) is 0 Å². The highest BCUT2D eigenvalue weighted by atomic mass is 79.9. The van der Waals surface area contributed by atoms with Crippen molar-refractivity contribution in [2.24, 2.45) is 0 Å². The van der Waals surface area contributed by atoms with Gasteiger partial charge in [-0.05, 0) is 41.4 Å². The quantitative estimate of drug-likeness (QED) is 0.911. The van der Waals surface area contributed by atoms with E-state index in [-0.39, 0.29) is 15.9 Å². The van der Waals surface area contributed by atoms with Crippen LogP contribution in [0.5, 0.6) is 0 Å². The number of rotatable bonds is 2. The van der Waals surface area contributed by atoms with Gasteiger partial charge >= 0.3 is 0 Å². The average molecular weight is 302 g/mol. The van der Waals surface area contributed by atoms with E-state index in [1.807, 2.05) is 6.92 Å². The topological polar surface area (TPSA) is 38.3 Å². The molecule has 0 bridgehead atoms. The van der Waals surface area contributed by atoms with Gasteiger partial charge in [0.15, 0.2) is 0 Å². The first-order valence-electron chi connectivity index (χ1n) is 5.36. The van der Waals surface area contributed by atoms with E-state index in [1.165, 1.54) is 12.1 Å². The van der Waals surface area contributed by atoms with Crippen LogP contribution in [0, 0.1) is 5.82 Å². The molecule has 0 aliphatic carbocycles. The van der Waals surface area contributed by atoms with E-state index < -0.39 is 5.82 Å². The molecule has 1 aliphatic rings. The second kappa shape index (κ2) is 4.74. The molecule has 0 radical (unpaired) electrons. The van der Waals surface area contributed by atoms with Gasteiger partial charge in [-0.1, -0.05) is 6.07 Å². The monoisotopic (exact) mass is 301 g/mol. The highest BCUT2D eigenvalue weighted by Gasteiger charge is 2.32. The molecule has 1 aromatic rings. The van der Waals surface area contributed by atoms with E-state index in [4.69, 9.17) is 4.74 Å². The number of hydrogen-bond acceptors (Lipinski definition) is 2. The van der Waals surface area contributed by atoms with Crippen molar-refractivity contribution in [2.75, 3.05) is 13.2 Å². The summed E-state index contributed by atoms with van der Waals surface area (Å²) in [5.41, 5.74) is -0.0545. The largest absolute Gasteiger partial charge is 0.379 e. The number of ether oxygens (including phenoxy) is 1.